The number of benzene rings is 1. The van der Waals surface area contributed by atoms with E-state index in [9.17, 15) is 0 Å². The number of hydrogen-bond donors (Lipinski definition) is 1. The molecule has 1 aliphatic rings. The number of aliphatic imine (C=N–C) groups is 1. The summed E-state index contributed by atoms with van der Waals surface area (Å²) in [5.41, 5.74) is 7.66. The van der Waals surface area contributed by atoms with Crippen molar-refractivity contribution in [2.45, 2.75) is 13.0 Å². The fourth-order valence-electron chi connectivity index (χ4n) is 1.47. The van der Waals surface area contributed by atoms with Crippen molar-refractivity contribution in [3.8, 4) is 0 Å². The Morgan fingerprint density at radius 2 is 2.23 bits per heavy atom. The van der Waals surface area contributed by atoms with Crippen molar-refractivity contribution < 1.29 is 4.74 Å². The van der Waals surface area contributed by atoms with Crippen LogP contribution in [-0.2, 0) is 4.74 Å². The summed E-state index contributed by atoms with van der Waals surface area (Å²) in [6.45, 7) is 2.47. The van der Waals surface area contributed by atoms with Crippen LogP contribution in [0.4, 0.5) is 5.69 Å². The lowest BCUT2D eigenvalue weighted by Crippen LogP contribution is -2.01. The maximum absolute atomic E-state index is 5.82. The van der Waals surface area contributed by atoms with E-state index in [0.717, 1.165) is 17.1 Å². The Morgan fingerprint density at radius 1 is 1.46 bits per heavy atom. The van der Waals surface area contributed by atoms with E-state index >= 15 is 0 Å². The van der Waals surface area contributed by atoms with E-state index in [1.807, 2.05) is 31.2 Å². The molecule has 0 unspecified atom stereocenters. The van der Waals surface area contributed by atoms with Gasteiger partial charge in [-0.2, -0.15) is 0 Å². The Morgan fingerprint density at radius 3 is 2.85 bits per heavy atom. The van der Waals surface area contributed by atoms with Crippen LogP contribution in [-0.4, -0.2) is 12.5 Å². The van der Waals surface area contributed by atoms with Gasteiger partial charge in [0.15, 0.2) is 5.90 Å². The van der Waals surface area contributed by atoms with Gasteiger partial charge in [0.25, 0.3) is 0 Å². The number of ether oxygens (including phenoxy) is 1. The summed E-state index contributed by atoms with van der Waals surface area (Å²) in [7, 11) is 0. The number of para-hydroxylation sites is 1. The van der Waals surface area contributed by atoms with Crippen LogP contribution in [0.25, 0.3) is 0 Å². The maximum atomic E-state index is 5.82. The van der Waals surface area contributed by atoms with Gasteiger partial charge >= 0.3 is 0 Å². The third kappa shape index (κ3) is 1.49. The molecule has 1 heterocycles. The Balaban J connectivity index is 2.31. The van der Waals surface area contributed by atoms with Gasteiger partial charge in [-0.1, -0.05) is 18.2 Å². The van der Waals surface area contributed by atoms with Crippen LogP contribution in [0.15, 0.2) is 29.3 Å². The van der Waals surface area contributed by atoms with Crippen LogP contribution >= 0.6 is 0 Å². The zero-order chi connectivity index (χ0) is 9.26. The van der Waals surface area contributed by atoms with E-state index in [2.05, 4.69) is 4.99 Å². The molecule has 0 amide bonds. The van der Waals surface area contributed by atoms with Gasteiger partial charge in [-0.3, -0.25) is 0 Å². The third-order valence-corrected chi connectivity index (χ3v) is 2.14. The fraction of sp³-hybridized carbons (Fsp3) is 0.300. The molecule has 2 N–H and O–H groups in total. The Labute approximate surface area is 77.2 Å². The second-order valence-electron chi connectivity index (χ2n) is 3.10. The van der Waals surface area contributed by atoms with Crippen molar-refractivity contribution >= 4 is 11.6 Å². The van der Waals surface area contributed by atoms with E-state index < -0.39 is 0 Å². The molecule has 0 aromatic heterocycles. The van der Waals surface area contributed by atoms with E-state index in [1.54, 1.807) is 0 Å². The van der Waals surface area contributed by atoms with Gasteiger partial charge in [-0.25, -0.2) is 4.99 Å². The highest BCUT2D eigenvalue weighted by molar-refractivity contribution is 5.75. The highest BCUT2D eigenvalue weighted by atomic mass is 16.5. The van der Waals surface area contributed by atoms with Crippen molar-refractivity contribution in [1.82, 2.24) is 0 Å². The van der Waals surface area contributed by atoms with Gasteiger partial charge in [0.2, 0.25) is 0 Å². The van der Waals surface area contributed by atoms with E-state index in [4.69, 9.17) is 10.5 Å². The maximum Gasteiger partial charge on any atom is 0.180 e. The summed E-state index contributed by atoms with van der Waals surface area (Å²) >= 11 is 0. The third-order valence-electron chi connectivity index (χ3n) is 2.14. The summed E-state index contributed by atoms with van der Waals surface area (Å²) in [5.74, 6) is 0.744. The molecule has 0 aliphatic carbocycles. The molecular weight excluding hydrogens is 164 g/mol. The number of nitrogen functional groups attached to an aromatic ring is 1. The lowest BCUT2D eigenvalue weighted by Gasteiger charge is -2.07. The molecule has 1 atom stereocenters. The van der Waals surface area contributed by atoms with Crippen LogP contribution < -0.4 is 5.73 Å². The van der Waals surface area contributed by atoms with Crippen molar-refractivity contribution in [3.05, 3.63) is 29.8 Å². The van der Waals surface area contributed by atoms with E-state index in [1.165, 1.54) is 0 Å². The van der Waals surface area contributed by atoms with Gasteiger partial charge in [0.05, 0.1) is 0 Å². The first-order valence-electron chi connectivity index (χ1n) is 4.29. The summed E-state index contributed by atoms with van der Waals surface area (Å²) < 4.78 is 5.27. The lowest BCUT2D eigenvalue weighted by atomic mass is 10.1. The average molecular weight is 176 g/mol. The van der Waals surface area contributed by atoms with Crippen LogP contribution in [0.5, 0.6) is 0 Å². The molecule has 0 radical (unpaired) electrons. The quantitative estimate of drug-likeness (QED) is 0.663. The summed E-state index contributed by atoms with van der Waals surface area (Å²) in [5, 5.41) is 0. The van der Waals surface area contributed by atoms with Crippen molar-refractivity contribution in [2.75, 3.05) is 12.3 Å². The van der Waals surface area contributed by atoms with Crippen molar-refractivity contribution in [1.29, 1.82) is 0 Å². The standard InChI is InChI=1S/C10H12N2O/c1-7-12-10(6-13-7)8-4-2-3-5-9(8)11/h2-5,10H,6,11H2,1H3/t10-/m1/s1. The molecule has 0 saturated heterocycles. The number of rotatable bonds is 1. The molecule has 1 aliphatic heterocycles. The minimum atomic E-state index is 0.0844. The second kappa shape index (κ2) is 3.09. The molecule has 0 fully saturated rings. The molecule has 0 spiro atoms. The topological polar surface area (TPSA) is 47.6 Å². The second-order valence-corrected chi connectivity index (χ2v) is 3.10. The molecule has 3 heteroatoms. The Hall–Kier alpha value is -1.51. The normalized spacial score (nSPS) is 21.0. The van der Waals surface area contributed by atoms with Gasteiger partial charge in [-0.15, -0.1) is 0 Å². The zero-order valence-electron chi connectivity index (χ0n) is 7.53. The number of anilines is 1. The van der Waals surface area contributed by atoms with Gasteiger partial charge in [0, 0.05) is 18.2 Å². The molecule has 13 heavy (non-hydrogen) atoms. The van der Waals surface area contributed by atoms with E-state index in [-0.39, 0.29) is 6.04 Å². The SMILES string of the molecule is CC1=N[C@@H](c2ccccc2N)CO1. The molecule has 2 rings (SSSR count). The molecule has 1 aromatic carbocycles. The molecule has 1 aromatic rings. The minimum Gasteiger partial charge on any atom is -0.479 e. The monoisotopic (exact) mass is 176 g/mol. The molecule has 0 saturated carbocycles. The van der Waals surface area contributed by atoms with Crippen molar-refractivity contribution in [2.24, 2.45) is 4.99 Å². The molecule has 0 bridgehead atoms. The molecular formula is C10H12N2O. The van der Waals surface area contributed by atoms with E-state index in [0.29, 0.717) is 6.61 Å². The first kappa shape index (κ1) is 8.10. The lowest BCUT2D eigenvalue weighted by molar-refractivity contribution is 0.317. The van der Waals surface area contributed by atoms with Gasteiger partial charge in [-0.05, 0) is 6.07 Å². The summed E-state index contributed by atoms with van der Waals surface area (Å²) in [6.07, 6.45) is 0. The highest BCUT2D eigenvalue weighted by Gasteiger charge is 2.19. The van der Waals surface area contributed by atoms with Crippen molar-refractivity contribution in [3.63, 3.8) is 0 Å². The fourth-order valence-corrected chi connectivity index (χ4v) is 1.47. The van der Waals surface area contributed by atoms with Crippen LogP contribution in [0.1, 0.15) is 18.5 Å². The van der Waals surface area contributed by atoms with Crippen LogP contribution in [0.3, 0.4) is 0 Å². The zero-order valence-corrected chi connectivity index (χ0v) is 7.53. The Bertz CT molecular complexity index is 347. The first-order chi connectivity index (χ1) is 6.27. The van der Waals surface area contributed by atoms with Crippen LogP contribution in [0, 0.1) is 0 Å². The predicted octanol–water partition coefficient (Wildman–Crippen LogP) is 1.76. The number of hydrogen-bond acceptors (Lipinski definition) is 3. The number of nitrogens with zero attached hydrogens (tertiary/aromatic N) is 1. The first-order valence-corrected chi connectivity index (χ1v) is 4.29. The predicted molar refractivity (Wildman–Crippen MR) is 52.7 cm³/mol. The highest BCUT2D eigenvalue weighted by Crippen LogP contribution is 2.26. The average Bonchev–Trinajstić information content (AvgIpc) is 2.53. The van der Waals surface area contributed by atoms with Crippen LogP contribution in [0.2, 0.25) is 0 Å². The van der Waals surface area contributed by atoms with Gasteiger partial charge < -0.3 is 10.5 Å². The smallest absolute Gasteiger partial charge is 0.180 e. The minimum absolute atomic E-state index is 0.0844. The van der Waals surface area contributed by atoms with Gasteiger partial charge in [0.1, 0.15) is 12.6 Å². The number of nitrogens with two attached hydrogens (primary N) is 1. The molecule has 3 nitrogen and oxygen atoms in total. The molecule has 68 valence electrons. The summed E-state index contributed by atoms with van der Waals surface area (Å²) in [4.78, 5) is 4.33. The largest absolute Gasteiger partial charge is 0.479 e. The summed E-state index contributed by atoms with van der Waals surface area (Å²) in [6, 6.07) is 7.85. The Kier molecular flexibility index (Phi) is 1.93.